The van der Waals surface area contributed by atoms with Gasteiger partial charge in [-0.2, -0.15) is 0 Å². The number of carbonyl (C=O) groups is 1. The highest BCUT2D eigenvalue weighted by Gasteiger charge is 2.32. The first-order valence-electron chi connectivity index (χ1n) is 9.86. The molecule has 7 heteroatoms. The van der Waals surface area contributed by atoms with E-state index in [9.17, 15) is 17.6 Å². The van der Waals surface area contributed by atoms with E-state index in [1.54, 1.807) is 12.1 Å². The average Bonchev–Trinajstić information content (AvgIpc) is 2.58. The third kappa shape index (κ3) is 6.29. The van der Waals surface area contributed by atoms with Crippen LogP contribution in [0.2, 0.25) is 0 Å². The minimum Gasteiger partial charge on any atom is -0.350 e. The SMILES string of the molecule is Cc1ccc(S(=O)(=O)N(CC(=O)NC(C)(C)CC(C)(C)C)c2ccccc2F)cc1. The van der Waals surface area contributed by atoms with Gasteiger partial charge in [-0.05, 0) is 56.9 Å². The van der Waals surface area contributed by atoms with Crippen LogP contribution in [0.25, 0.3) is 0 Å². The maximum atomic E-state index is 14.5. The lowest BCUT2D eigenvalue weighted by Gasteiger charge is -2.34. The van der Waals surface area contributed by atoms with Gasteiger partial charge in [-0.25, -0.2) is 12.8 Å². The zero-order chi connectivity index (χ0) is 22.7. The summed E-state index contributed by atoms with van der Waals surface area (Å²) in [7, 11) is -4.15. The van der Waals surface area contributed by atoms with E-state index in [2.05, 4.69) is 26.1 Å². The molecule has 1 N–H and O–H groups in total. The van der Waals surface area contributed by atoms with E-state index in [1.165, 1.54) is 36.4 Å². The van der Waals surface area contributed by atoms with Gasteiger partial charge in [0.1, 0.15) is 12.4 Å². The molecule has 0 unspecified atom stereocenters. The second-order valence-electron chi connectivity index (χ2n) is 9.45. The number of rotatable bonds is 7. The van der Waals surface area contributed by atoms with E-state index in [4.69, 9.17) is 0 Å². The first-order valence-corrected chi connectivity index (χ1v) is 11.3. The molecule has 30 heavy (non-hydrogen) atoms. The van der Waals surface area contributed by atoms with Crippen molar-refractivity contribution in [2.45, 2.75) is 58.4 Å². The van der Waals surface area contributed by atoms with E-state index in [0.717, 1.165) is 9.87 Å². The Morgan fingerprint density at radius 2 is 1.57 bits per heavy atom. The molecule has 0 saturated heterocycles. The van der Waals surface area contributed by atoms with Crippen LogP contribution >= 0.6 is 0 Å². The van der Waals surface area contributed by atoms with E-state index in [-0.39, 0.29) is 16.0 Å². The summed E-state index contributed by atoms with van der Waals surface area (Å²) < 4.78 is 42.0. The lowest BCUT2D eigenvalue weighted by molar-refractivity contribution is -0.121. The van der Waals surface area contributed by atoms with Crippen molar-refractivity contribution in [1.29, 1.82) is 0 Å². The smallest absolute Gasteiger partial charge is 0.264 e. The van der Waals surface area contributed by atoms with E-state index >= 15 is 0 Å². The number of hydrogen-bond acceptors (Lipinski definition) is 3. The molecule has 0 spiro atoms. The fourth-order valence-electron chi connectivity index (χ4n) is 3.71. The minimum atomic E-state index is -4.15. The lowest BCUT2D eigenvalue weighted by Crippen LogP contribution is -2.50. The highest BCUT2D eigenvalue weighted by atomic mass is 32.2. The predicted molar refractivity (Wildman–Crippen MR) is 118 cm³/mol. The molecule has 5 nitrogen and oxygen atoms in total. The molecule has 0 atom stereocenters. The zero-order valence-electron chi connectivity index (χ0n) is 18.5. The highest BCUT2D eigenvalue weighted by molar-refractivity contribution is 7.92. The first kappa shape index (κ1) is 23.9. The van der Waals surface area contributed by atoms with Crippen LogP contribution in [0.4, 0.5) is 10.1 Å². The number of aryl methyl sites for hydroxylation is 1. The van der Waals surface area contributed by atoms with Gasteiger partial charge < -0.3 is 5.32 Å². The van der Waals surface area contributed by atoms with Gasteiger partial charge in [0.25, 0.3) is 10.0 Å². The zero-order valence-corrected chi connectivity index (χ0v) is 19.3. The molecule has 2 aromatic carbocycles. The molecule has 0 saturated carbocycles. The fraction of sp³-hybridized carbons (Fsp3) is 0.435. The Bertz CT molecular complexity index is 994. The molecule has 0 heterocycles. The number of hydrogen-bond donors (Lipinski definition) is 1. The number of carbonyl (C=O) groups excluding carboxylic acids is 1. The summed E-state index contributed by atoms with van der Waals surface area (Å²) in [6, 6.07) is 11.8. The van der Waals surface area contributed by atoms with Crippen molar-refractivity contribution in [3.8, 4) is 0 Å². The molecular weight excluding hydrogens is 403 g/mol. The van der Waals surface area contributed by atoms with Gasteiger partial charge in [0.05, 0.1) is 10.6 Å². The molecule has 0 aromatic heterocycles. The Labute approximate surface area is 179 Å². The number of amides is 1. The van der Waals surface area contributed by atoms with Gasteiger partial charge in [-0.15, -0.1) is 0 Å². The standard InChI is InChI=1S/C23H31FN2O3S/c1-17-11-13-18(14-12-17)30(28,29)26(20-10-8-7-9-19(20)24)15-21(27)25-23(5,6)16-22(2,3)4/h7-14H,15-16H2,1-6H3,(H,25,27). The van der Waals surface area contributed by atoms with Gasteiger partial charge >= 0.3 is 0 Å². The van der Waals surface area contributed by atoms with Crippen molar-refractivity contribution in [3.05, 3.63) is 59.9 Å². The maximum Gasteiger partial charge on any atom is 0.264 e. The average molecular weight is 435 g/mol. The van der Waals surface area contributed by atoms with Crippen molar-refractivity contribution in [1.82, 2.24) is 5.32 Å². The second-order valence-corrected chi connectivity index (χ2v) is 11.3. The van der Waals surface area contributed by atoms with Gasteiger partial charge in [-0.1, -0.05) is 50.6 Å². The topological polar surface area (TPSA) is 66.5 Å². The van der Waals surface area contributed by atoms with E-state index in [1.807, 2.05) is 20.8 Å². The maximum absolute atomic E-state index is 14.5. The Morgan fingerprint density at radius 3 is 2.10 bits per heavy atom. The Balaban J connectivity index is 2.39. The number of para-hydroxylation sites is 1. The molecule has 1 amide bonds. The summed E-state index contributed by atoms with van der Waals surface area (Å²) in [5.74, 6) is -1.21. The van der Waals surface area contributed by atoms with Crippen LogP contribution in [0.5, 0.6) is 0 Å². The van der Waals surface area contributed by atoms with Crippen molar-refractivity contribution >= 4 is 21.6 Å². The Morgan fingerprint density at radius 1 is 1.00 bits per heavy atom. The number of nitrogens with one attached hydrogen (secondary N) is 1. The third-order valence-corrected chi connectivity index (χ3v) is 6.24. The summed E-state index contributed by atoms with van der Waals surface area (Å²) in [5, 5.41) is 2.90. The third-order valence-electron chi connectivity index (χ3n) is 4.47. The molecule has 0 bridgehead atoms. The number of halogens is 1. The highest BCUT2D eigenvalue weighted by Crippen LogP contribution is 2.28. The molecule has 0 radical (unpaired) electrons. The number of benzene rings is 2. The van der Waals surface area contributed by atoms with Crippen molar-refractivity contribution in [3.63, 3.8) is 0 Å². The second kappa shape index (κ2) is 8.76. The molecule has 0 aliphatic rings. The first-order chi connectivity index (χ1) is 13.7. The summed E-state index contributed by atoms with van der Waals surface area (Å²) >= 11 is 0. The summed E-state index contributed by atoms with van der Waals surface area (Å²) in [5.41, 5.74) is 0.148. The van der Waals surface area contributed by atoms with Crippen LogP contribution in [0.15, 0.2) is 53.4 Å². The molecule has 0 aliphatic carbocycles. The Hall–Kier alpha value is -2.41. The van der Waals surface area contributed by atoms with Crippen LogP contribution in [-0.4, -0.2) is 26.4 Å². The summed E-state index contributed by atoms with van der Waals surface area (Å²) in [4.78, 5) is 12.8. The molecule has 0 aliphatic heterocycles. The van der Waals surface area contributed by atoms with E-state index < -0.39 is 33.8 Å². The summed E-state index contributed by atoms with van der Waals surface area (Å²) in [6.07, 6.45) is 0.691. The minimum absolute atomic E-state index is 0.00175. The molecular formula is C23H31FN2O3S. The largest absolute Gasteiger partial charge is 0.350 e. The molecule has 164 valence electrons. The monoisotopic (exact) mass is 434 g/mol. The number of sulfonamides is 1. The quantitative estimate of drug-likeness (QED) is 0.689. The Kier molecular flexibility index (Phi) is 6.97. The van der Waals surface area contributed by atoms with Crippen molar-refractivity contribution < 1.29 is 17.6 Å². The van der Waals surface area contributed by atoms with Gasteiger partial charge in [-0.3, -0.25) is 9.10 Å². The van der Waals surface area contributed by atoms with Gasteiger partial charge in [0.15, 0.2) is 0 Å². The molecule has 0 fully saturated rings. The number of nitrogens with zero attached hydrogens (tertiary/aromatic N) is 1. The van der Waals surface area contributed by atoms with Crippen LogP contribution in [-0.2, 0) is 14.8 Å². The van der Waals surface area contributed by atoms with Gasteiger partial charge in [0.2, 0.25) is 5.91 Å². The number of anilines is 1. The predicted octanol–water partition coefficient (Wildman–Crippen LogP) is 4.66. The van der Waals surface area contributed by atoms with Crippen LogP contribution in [0, 0.1) is 18.2 Å². The fourth-order valence-corrected chi connectivity index (χ4v) is 5.14. The normalized spacial score (nSPS) is 12.5. The van der Waals surface area contributed by atoms with E-state index in [0.29, 0.717) is 6.42 Å². The summed E-state index contributed by atoms with van der Waals surface area (Å²) in [6.45, 7) is 11.3. The van der Waals surface area contributed by atoms with Crippen molar-refractivity contribution in [2.75, 3.05) is 10.8 Å². The van der Waals surface area contributed by atoms with Crippen LogP contribution < -0.4 is 9.62 Å². The van der Waals surface area contributed by atoms with Crippen LogP contribution in [0.1, 0.15) is 46.6 Å². The van der Waals surface area contributed by atoms with Crippen molar-refractivity contribution in [2.24, 2.45) is 5.41 Å². The van der Waals surface area contributed by atoms with Crippen LogP contribution in [0.3, 0.4) is 0 Å². The molecule has 2 aromatic rings. The molecule has 2 rings (SSSR count). The van der Waals surface area contributed by atoms with Gasteiger partial charge in [0, 0.05) is 5.54 Å². The lowest BCUT2D eigenvalue weighted by atomic mass is 9.82.